The van der Waals surface area contributed by atoms with Crippen molar-refractivity contribution in [2.45, 2.75) is 53.2 Å². The van der Waals surface area contributed by atoms with E-state index in [9.17, 15) is 0 Å². The largest absolute Gasteiger partial charge is 0.395 e. The van der Waals surface area contributed by atoms with Gasteiger partial charge < -0.3 is 5.11 Å². The molecule has 0 aliphatic rings. The summed E-state index contributed by atoms with van der Waals surface area (Å²) >= 11 is 3.66. The van der Waals surface area contributed by atoms with Crippen LogP contribution < -0.4 is 0 Å². The molecule has 0 radical (unpaired) electrons. The minimum atomic E-state index is 0.191. The third kappa shape index (κ3) is 3.56. The van der Waals surface area contributed by atoms with Gasteiger partial charge in [0.1, 0.15) is 0 Å². The van der Waals surface area contributed by atoms with Gasteiger partial charge in [-0.05, 0) is 43.1 Å². The average molecular weight is 318 g/mol. The van der Waals surface area contributed by atoms with Crippen LogP contribution in [0.15, 0.2) is 4.47 Å². The molecule has 0 aliphatic carbocycles. The van der Waals surface area contributed by atoms with Crippen molar-refractivity contribution in [1.29, 1.82) is 0 Å². The van der Waals surface area contributed by atoms with E-state index < -0.39 is 0 Å². The maximum absolute atomic E-state index is 9.13. The Labute approximate surface area is 118 Å². The van der Waals surface area contributed by atoms with Crippen LogP contribution in [0.3, 0.4) is 0 Å². The number of aryl methyl sites for hydroxylation is 2. The minimum Gasteiger partial charge on any atom is -0.395 e. The smallest absolute Gasteiger partial charge is 0.0767 e. The highest BCUT2D eigenvalue weighted by molar-refractivity contribution is 9.10. The zero-order chi connectivity index (χ0) is 13.7. The Balaban J connectivity index is 2.96. The summed E-state index contributed by atoms with van der Waals surface area (Å²) in [6.07, 6.45) is 0.933. The molecule has 0 fully saturated rings. The van der Waals surface area contributed by atoms with Gasteiger partial charge in [-0.25, -0.2) is 0 Å². The summed E-state index contributed by atoms with van der Waals surface area (Å²) in [6, 6.07) is 0.411. The predicted octanol–water partition coefficient (Wildman–Crippen LogP) is 2.43. The molecule has 0 unspecified atom stereocenters. The number of aromatic nitrogens is 2. The van der Waals surface area contributed by atoms with E-state index in [1.165, 1.54) is 5.69 Å². The van der Waals surface area contributed by atoms with Gasteiger partial charge in [0, 0.05) is 25.7 Å². The van der Waals surface area contributed by atoms with Crippen LogP contribution in [0.1, 0.15) is 39.1 Å². The summed E-state index contributed by atoms with van der Waals surface area (Å²) in [6.45, 7) is 11.1. The van der Waals surface area contributed by atoms with Crippen molar-refractivity contribution in [3.8, 4) is 0 Å². The fraction of sp³-hybridized carbons (Fsp3) is 0.769. The summed E-state index contributed by atoms with van der Waals surface area (Å²) in [5.74, 6) is 0. The first-order chi connectivity index (χ1) is 8.54. The van der Waals surface area contributed by atoms with Crippen LogP contribution in [0.2, 0.25) is 0 Å². The third-order valence-corrected chi connectivity index (χ3v) is 4.08. The fourth-order valence-corrected chi connectivity index (χ4v) is 2.70. The van der Waals surface area contributed by atoms with Crippen LogP contribution in [-0.4, -0.2) is 39.0 Å². The Kier molecular flexibility index (Phi) is 6.32. The van der Waals surface area contributed by atoms with Crippen LogP contribution in [-0.2, 0) is 19.5 Å². The summed E-state index contributed by atoms with van der Waals surface area (Å²) in [5.41, 5.74) is 2.32. The van der Waals surface area contributed by atoms with Crippen LogP contribution in [0, 0.1) is 0 Å². The van der Waals surface area contributed by atoms with Gasteiger partial charge in [0.05, 0.1) is 22.5 Å². The fourth-order valence-electron chi connectivity index (χ4n) is 2.01. The Morgan fingerprint density at radius 1 is 1.39 bits per heavy atom. The van der Waals surface area contributed by atoms with E-state index in [-0.39, 0.29) is 6.61 Å². The number of rotatable bonds is 7. The third-order valence-electron chi connectivity index (χ3n) is 3.16. The normalized spacial score (nSPS) is 11.8. The topological polar surface area (TPSA) is 41.3 Å². The van der Waals surface area contributed by atoms with Gasteiger partial charge in [-0.1, -0.05) is 6.92 Å². The van der Waals surface area contributed by atoms with E-state index >= 15 is 0 Å². The molecule has 0 bridgehead atoms. The van der Waals surface area contributed by atoms with Crippen molar-refractivity contribution >= 4 is 15.9 Å². The molecule has 104 valence electrons. The Bertz CT molecular complexity index is 377. The molecular weight excluding hydrogens is 294 g/mol. The molecule has 0 aliphatic heterocycles. The summed E-state index contributed by atoms with van der Waals surface area (Å²) in [5, 5.41) is 13.7. The Morgan fingerprint density at radius 3 is 2.50 bits per heavy atom. The SMILES string of the molecule is CCc1nn(CC)c(CN(CCO)C(C)C)c1Br. The summed E-state index contributed by atoms with van der Waals surface area (Å²) in [7, 11) is 0. The number of nitrogens with zero attached hydrogens (tertiary/aromatic N) is 3. The first kappa shape index (κ1) is 15.7. The van der Waals surface area contributed by atoms with E-state index in [2.05, 4.69) is 58.3 Å². The van der Waals surface area contributed by atoms with Crippen molar-refractivity contribution in [3.05, 3.63) is 15.9 Å². The van der Waals surface area contributed by atoms with Gasteiger partial charge in [0.2, 0.25) is 0 Å². The van der Waals surface area contributed by atoms with Crippen LogP contribution in [0.4, 0.5) is 0 Å². The molecule has 1 aromatic heterocycles. The average Bonchev–Trinajstić information content (AvgIpc) is 2.65. The molecule has 0 aromatic carbocycles. The van der Waals surface area contributed by atoms with Crippen LogP contribution in [0.5, 0.6) is 0 Å². The van der Waals surface area contributed by atoms with E-state index in [1.54, 1.807) is 0 Å². The molecule has 1 rings (SSSR count). The molecule has 0 amide bonds. The highest BCUT2D eigenvalue weighted by Gasteiger charge is 2.18. The zero-order valence-corrected chi connectivity index (χ0v) is 13.4. The van der Waals surface area contributed by atoms with E-state index in [0.717, 1.165) is 29.7 Å². The quantitative estimate of drug-likeness (QED) is 0.839. The number of hydrogen-bond donors (Lipinski definition) is 1. The number of aliphatic hydroxyl groups excluding tert-OH is 1. The molecule has 0 saturated carbocycles. The maximum Gasteiger partial charge on any atom is 0.0767 e. The highest BCUT2D eigenvalue weighted by Crippen LogP contribution is 2.24. The predicted molar refractivity (Wildman–Crippen MR) is 77.6 cm³/mol. The minimum absolute atomic E-state index is 0.191. The van der Waals surface area contributed by atoms with Gasteiger partial charge in [0.25, 0.3) is 0 Å². The molecular formula is C13H24BrN3O. The lowest BCUT2D eigenvalue weighted by molar-refractivity contribution is 0.155. The standard InChI is InChI=1S/C13H24BrN3O/c1-5-11-13(14)12(17(6-2)15-11)9-16(7-8-18)10(3)4/h10,18H,5-9H2,1-4H3. The van der Waals surface area contributed by atoms with Gasteiger partial charge >= 0.3 is 0 Å². The van der Waals surface area contributed by atoms with Gasteiger partial charge in [-0.15, -0.1) is 0 Å². The number of hydrogen-bond acceptors (Lipinski definition) is 3. The molecule has 5 heteroatoms. The molecule has 1 heterocycles. The van der Waals surface area contributed by atoms with Crippen molar-refractivity contribution in [2.24, 2.45) is 0 Å². The molecule has 1 N–H and O–H groups in total. The van der Waals surface area contributed by atoms with E-state index in [1.807, 2.05) is 0 Å². The highest BCUT2D eigenvalue weighted by atomic mass is 79.9. The maximum atomic E-state index is 9.13. The second kappa shape index (κ2) is 7.26. The van der Waals surface area contributed by atoms with Crippen LogP contribution in [0.25, 0.3) is 0 Å². The van der Waals surface area contributed by atoms with Gasteiger partial charge in [-0.2, -0.15) is 5.10 Å². The van der Waals surface area contributed by atoms with Gasteiger partial charge in [0.15, 0.2) is 0 Å². The lowest BCUT2D eigenvalue weighted by Gasteiger charge is -2.25. The second-order valence-electron chi connectivity index (χ2n) is 4.66. The summed E-state index contributed by atoms with van der Waals surface area (Å²) in [4.78, 5) is 2.26. The molecule has 0 saturated heterocycles. The zero-order valence-electron chi connectivity index (χ0n) is 11.8. The second-order valence-corrected chi connectivity index (χ2v) is 5.46. The molecule has 4 nitrogen and oxygen atoms in total. The Morgan fingerprint density at radius 2 is 2.06 bits per heavy atom. The molecule has 0 atom stereocenters. The summed E-state index contributed by atoms with van der Waals surface area (Å²) < 4.78 is 3.17. The van der Waals surface area contributed by atoms with Gasteiger partial charge in [-0.3, -0.25) is 9.58 Å². The lowest BCUT2D eigenvalue weighted by atomic mass is 10.2. The number of aliphatic hydroxyl groups is 1. The van der Waals surface area contributed by atoms with Crippen molar-refractivity contribution < 1.29 is 5.11 Å². The van der Waals surface area contributed by atoms with Crippen LogP contribution >= 0.6 is 15.9 Å². The first-order valence-corrected chi connectivity index (χ1v) is 7.43. The van der Waals surface area contributed by atoms with Crippen molar-refractivity contribution in [1.82, 2.24) is 14.7 Å². The van der Waals surface area contributed by atoms with E-state index in [0.29, 0.717) is 12.6 Å². The molecule has 1 aromatic rings. The molecule has 0 spiro atoms. The molecule has 18 heavy (non-hydrogen) atoms. The van der Waals surface area contributed by atoms with Crippen molar-refractivity contribution in [2.75, 3.05) is 13.2 Å². The van der Waals surface area contributed by atoms with E-state index in [4.69, 9.17) is 5.11 Å². The lowest BCUT2D eigenvalue weighted by Crippen LogP contribution is -2.33. The first-order valence-electron chi connectivity index (χ1n) is 6.64. The Hall–Kier alpha value is -0.390. The number of halogens is 1. The van der Waals surface area contributed by atoms with Crippen molar-refractivity contribution in [3.63, 3.8) is 0 Å². The monoisotopic (exact) mass is 317 g/mol.